The van der Waals surface area contributed by atoms with Crippen LogP contribution in [0.25, 0.3) is 4.96 Å². The summed E-state index contributed by atoms with van der Waals surface area (Å²) in [5.74, 6) is 2.10. The Hall–Kier alpha value is -2.05. The number of ether oxygens (including phenoxy) is 2. The highest BCUT2D eigenvalue weighted by molar-refractivity contribution is 7.15. The Morgan fingerprint density at radius 3 is 2.70 bits per heavy atom. The zero-order chi connectivity index (χ0) is 13.9. The average Bonchev–Trinajstić information content (AvgIpc) is 3.01. The van der Waals surface area contributed by atoms with Gasteiger partial charge in [-0.1, -0.05) is 0 Å². The molecule has 0 amide bonds. The van der Waals surface area contributed by atoms with Crippen molar-refractivity contribution in [3.05, 3.63) is 41.5 Å². The molecule has 0 aliphatic carbocycles. The lowest BCUT2D eigenvalue weighted by Gasteiger charge is -2.06. The molecule has 2 aromatic heterocycles. The van der Waals surface area contributed by atoms with E-state index in [0.29, 0.717) is 24.8 Å². The van der Waals surface area contributed by atoms with Gasteiger partial charge in [0.1, 0.15) is 17.2 Å². The number of thiazole rings is 1. The van der Waals surface area contributed by atoms with Crippen LogP contribution in [-0.4, -0.2) is 16.0 Å². The minimum atomic E-state index is 0.379. The number of nitrogens with two attached hydrogens (primary N) is 1. The quantitative estimate of drug-likeness (QED) is 0.784. The second kappa shape index (κ2) is 5.52. The lowest BCUT2D eigenvalue weighted by molar-refractivity contribution is 0.339. The number of rotatable bonds is 5. The summed E-state index contributed by atoms with van der Waals surface area (Å²) in [7, 11) is 0. The van der Waals surface area contributed by atoms with E-state index < -0.39 is 0 Å². The van der Waals surface area contributed by atoms with E-state index in [0.717, 1.165) is 16.4 Å². The monoisotopic (exact) mass is 289 g/mol. The molecule has 0 unspecified atom stereocenters. The van der Waals surface area contributed by atoms with Gasteiger partial charge in [0.15, 0.2) is 4.96 Å². The van der Waals surface area contributed by atoms with Crippen LogP contribution >= 0.6 is 11.3 Å². The molecule has 0 bridgehead atoms. The highest BCUT2D eigenvalue weighted by Gasteiger charge is 2.13. The molecule has 3 aromatic rings. The van der Waals surface area contributed by atoms with Crippen molar-refractivity contribution in [3.8, 4) is 17.4 Å². The number of aromatic nitrogens is 2. The van der Waals surface area contributed by atoms with Gasteiger partial charge in [-0.25, -0.2) is 0 Å². The fraction of sp³-hybridized carbons (Fsp3) is 0.214. The van der Waals surface area contributed by atoms with E-state index in [1.54, 1.807) is 11.3 Å². The van der Waals surface area contributed by atoms with Gasteiger partial charge in [0.2, 0.25) is 5.88 Å². The summed E-state index contributed by atoms with van der Waals surface area (Å²) in [6.45, 7) is 2.98. The Bertz CT molecular complexity index is 703. The van der Waals surface area contributed by atoms with Gasteiger partial charge in [0.05, 0.1) is 6.61 Å². The van der Waals surface area contributed by atoms with E-state index >= 15 is 0 Å². The molecule has 0 spiro atoms. The molecule has 0 atom stereocenters. The maximum absolute atomic E-state index is 5.82. The summed E-state index contributed by atoms with van der Waals surface area (Å²) in [4.78, 5) is 5.33. The highest BCUT2D eigenvalue weighted by atomic mass is 32.1. The molecule has 1 aromatic carbocycles. The lowest BCUT2D eigenvalue weighted by atomic mass is 10.3. The van der Waals surface area contributed by atoms with Gasteiger partial charge < -0.3 is 15.2 Å². The van der Waals surface area contributed by atoms with E-state index in [2.05, 4.69) is 4.98 Å². The van der Waals surface area contributed by atoms with Crippen molar-refractivity contribution in [2.75, 3.05) is 6.61 Å². The maximum atomic E-state index is 5.82. The first-order valence-electron chi connectivity index (χ1n) is 6.37. The van der Waals surface area contributed by atoms with Crippen molar-refractivity contribution in [1.82, 2.24) is 9.38 Å². The van der Waals surface area contributed by atoms with Crippen LogP contribution in [0.15, 0.2) is 35.8 Å². The highest BCUT2D eigenvalue weighted by Crippen LogP contribution is 2.28. The van der Waals surface area contributed by atoms with Crippen molar-refractivity contribution >= 4 is 16.3 Å². The van der Waals surface area contributed by atoms with E-state index in [1.165, 1.54) is 0 Å². The molecule has 104 valence electrons. The minimum absolute atomic E-state index is 0.379. The molecule has 2 N–H and O–H groups in total. The van der Waals surface area contributed by atoms with E-state index in [1.807, 2.05) is 47.2 Å². The predicted octanol–water partition coefficient (Wildman–Crippen LogP) is 3.05. The van der Waals surface area contributed by atoms with Crippen LogP contribution in [0, 0.1) is 0 Å². The number of hydrogen-bond acceptors (Lipinski definition) is 5. The molecule has 2 heterocycles. The molecule has 0 radical (unpaired) electrons. The van der Waals surface area contributed by atoms with Crippen LogP contribution < -0.4 is 15.2 Å². The van der Waals surface area contributed by atoms with Crippen LogP contribution in [0.3, 0.4) is 0 Å². The molecule has 6 heteroatoms. The fourth-order valence-electron chi connectivity index (χ4n) is 1.96. The molecular weight excluding hydrogens is 274 g/mol. The molecule has 0 saturated heterocycles. The third kappa shape index (κ3) is 2.35. The second-order valence-corrected chi connectivity index (χ2v) is 5.00. The van der Waals surface area contributed by atoms with Crippen LogP contribution in [-0.2, 0) is 6.54 Å². The van der Waals surface area contributed by atoms with Gasteiger partial charge in [-0.15, -0.1) is 11.3 Å². The Labute approximate surface area is 120 Å². The number of imidazole rings is 1. The van der Waals surface area contributed by atoms with Crippen LogP contribution in [0.4, 0.5) is 0 Å². The first-order valence-corrected chi connectivity index (χ1v) is 7.25. The maximum Gasteiger partial charge on any atom is 0.243 e. The van der Waals surface area contributed by atoms with Crippen molar-refractivity contribution < 1.29 is 9.47 Å². The van der Waals surface area contributed by atoms with Crippen molar-refractivity contribution in [1.29, 1.82) is 0 Å². The Morgan fingerprint density at radius 2 is 2.00 bits per heavy atom. The smallest absolute Gasteiger partial charge is 0.243 e. The first-order chi connectivity index (χ1) is 9.81. The van der Waals surface area contributed by atoms with Crippen molar-refractivity contribution in [2.45, 2.75) is 13.5 Å². The Morgan fingerprint density at radius 1 is 1.25 bits per heavy atom. The van der Waals surface area contributed by atoms with Crippen LogP contribution in [0.5, 0.6) is 17.4 Å². The van der Waals surface area contributed by atoms with Crippen LogP contribution in [0.1, 0.15) is 12.6 Å². The molecule has 5 nitrogen and oxygen atoms in total. The Kier molecular flexibility index (Phi) is 3.58. The van der Waals surface area contributed by atoms with Gasteiger partial charge in [0, 0.05) is 18.1 Å². The van der Waals surface area contributed by atoms with Crippen molar-refractivity contribution in [2.24, 2.45) is 5.73 Å². The predicted molar refractivity (Wildman–Crippen MR) is 78.6 cm³/mol. The summed E-state index contributed by atoms with van der Waals surface area (Å²) >= 11 is 1.55. The standard InChI is InChI=1S/C14H15N3O2S/c1-2-18-10-3-5-11(6-4-10)19-13-12(9-15)17-7-8-20-14(17)16-13/h3-8H,2,9,15H2,1H3. The third-order valence-electron chi connectivity index (χ3n) is 2.87. The second-order valence-electron chi connectivity index (χ2n) is 4.13. The summed E-state index contributed by atoms with van der Waals surface area (Å²) in [5.41, 5.74) is 6.65. The topological polar surface area (TPSA) is 61.8 Å². The number of benzene rings is 1. The summed E-state index contributed by atoms with van der Waals surface area (Å²) in [6, 6.07) is 7.47. The average molecular weight is 289 g/mol. The lowest BCUT2D eigenvalue weighted by Crippen LogP contribution is -2.01. The van der Waals surface area contributed by atoms with Crippen LogP contribution in [0.2, 0.25) is 0 Å². The molecule has 0 fully saturated rings. The summed E-state index contributed by atoms with van der Waals surface area (Å²) < 4.78 is 13.2. The number of fused-ring (bicyclic) bond motifs is 1. The van der Waals surface area contributed by atoms with Crippen molar-refractivity contribution in [3.63, 3.8) is 0 Å². The molecule has 0 aliphatic rings. The van der Waals surface area contributed by atoms with E-state index in [4.69, 9.17) is 15.2 Å². The zero-order valence-electron chi connectivity index (χ0n) is 11.1. The molecular formula is C14H15N3O2S. The largest absolute Gasteiger partial charge is 0.494 e. The molecule has 0 aliphatic heterocycles. The normalized spacial score (nSPS) is 10.9. The molecule has 3 rings (SSSR count). The van der Waals surface area contributed by atoms with Gasteiger partial charge in [-0.2, -0.15) is 4.98 Å². The third-order valence-corrected chi connectivity index (χ3v) is 3.62. The number of hydrogen-bond donors (Lipinski definition) is 1. The summed E-state index contributed by atoms with van der Waals surface area (Å²) in [6.07, 6.45) is 1.94. The molecule has 20 heavy (non-hydrogen) atoms. The van der Waals surface area contributed by atoms with Gasteiger partial charge in [-0.05, 0) is 31.2 Å². The van der Waals surface area contributed by atoms with Gasteiger partial charge in [-0.3, -0.25) is 4.40 Å². The van der Waals surface area contributed by atoms with Gasteiger partial charge in [0.25, 0.3) is 0 Å². The first kappa shape index (κ1) is 13.0. The van der Waals surface area contributed by atoms with E-state index in [-0.39, 0.29) is 0 Å². The number of nitrogens with zero attached hydrogens (tertiary/aromatic N) is 2. The summed E-state index contributed by atoms with van der Waals surface area (Å²) in [5, 5.41) is 1.97. The fourth-order valence-corrected chi connectivity index (χ4v) is 2.69. The molecule has 0 saturated carbocycles. The SMILES string of the molecule is CCOc1ccc(Oc2nc3sccn3c2CN)cc1. The zero-order valence-corrected chi connectivity index (χ0v) is 11.9. The van der Waals surface area contributed by atoms with E-state index in [9.17, 15) is 0 Å². The Balaban J connectivity index is 1.86. The minimum Gasteiger partial charge on any atom is -0.494 e. The van der Waals surface area contributed by atoms with Gasteiger partial charge >= 0.3 is 0 Å².